The Morgan fingerprint density at radius 1 is 1.54 bits per heavy atom. The van der Waals surface area contributed by atoms with Gasteiger partial charge in [0, 0.05) is 7.11 Å². The number of aryl methyl sites for hydroxylation is 1. The first-order chi connectivity index (χ1) is 5.95. The van der Waals surface area contributed by atoms with Crippen molar-refractivity contribution in [3.8, 4) is 0 Å². The highest BCUT2D eigenvalue weighted by Gasteiger charge is 2.22. The molecule has 0 atom stereocenters. The van der Waals surface area contributed by atoms with Gasteiger partial charge in [0.2, 0.25) is 0 Å². The van der Waals surface area contributed by atoms with E-state index >= 15 is 0 Å². The first-order valence-electron chi connectivity index (χ1n) is 4.13. The average molecular weight is 201 g/mol. The molecular weight excluding hydrogens is 186 g/mol. The van der Waals surface area contributed by atoms with E-state index in [0.717, 1.165) is 15.6 Å². The quantitative estimate of drug-likeness (QED) is 0.811. The Labute approximate surface area is 82.4 Å². The van der Waals surface area contributed by atoms with E-state index in [0.29, 0.717) is 6.61 Å². The zero-order chi connectivity index (χ0) is 10.1. The molecule has 0 amide bonds. The van der Waals surface area contributed by atoms with Crippen LogP contribution in [0.25, 0.3) is 0 Å². The van der Waals surface area contributed by atoms with Gasteiger partial charge in [0.25, 0.3) is 0 Å². The summed E-state index contributed by atoms with van der Waals surface area (Å²) in [7, 11) is 1.64. The summed E-state index contributed by atoms with van der Waals surface area (Å²) in [5.41, 5.74) is 0.0952. The number of ether oxygens (including phenoxy) is 1. The van der Waals surface area contributed by atoms with E-state index in [2.05, 4.69) is 4.98 Å². The molecule has 0 aliphatic heterocycles. The lowest BCUT2D eigenvalue weighted by Gasteiger charge is -2.14. The van der Waals surface area contributed by atoms with Gasteiger partial charge in [0.1, 0.15) is 5.01 Å². The van der Waals surface area contributed by atoms with Crippen molar-refractivity contribution < 1.29 is 9.84 Å². The summed E-state index contributed by atoms with van der Waals surface area (Å²) in [5, 5.41) is 10.7. The van der Waals surface area contributed by atoms with E-state index < -0.39 is 5.60 Å². The lowest BCUT2D eigenvalue weighted by atomic mass is 10.1. The van der Waals surface area contributed by atoms with Crippen molar-refractivity contribution in [1.29, 1.82) is 0 Å². The minimum Gasteiger partial charge on any atom is -0.385 e. The maximum Gasteiger partial charge on any atom is 0.119 e. The first kappa shape index (κ1) is 10.6. The van der Waals surface area contributed by atoms with Crippen LogP contribution in [0.4, 0.5) is 0 Å². The fourth-order valence-electron chi connectivity index (χ4n) is 1.21. The number of aliphatic hydroxyl groups is 1. The topological polar surface area (TPSA) is 42.4 Å². The molecule has 0 bridgehead atoms. The lowest BCUT2D eigenvalue weighted by Crippen LogP contribution is -2.14. The summed E-state index contributed by atoms with van der Waals surface area (Å²) in [6.45, 7) is 5.96. The third-order valence-electron chi connectivity index (χ3n) is 1.66. The van der Waals surface area contributed by atoms with E-state index in [1.165, 1.54) is 11.3 Å². The summed E-state index contributed by atoms with van der Waals surface area (Å²) in [6.07, 6.45) is 0. The van der Waals surface area contributed by atoms with Crippen LogP contribution in [0.3, 0.4) is 0 Å². The zero-order valence-corrected chi connectivity index (χ0v) is 9.23. The van der Waals surface area contributed by atoms with Crippen molar-refractivity contribution in [2.75, 3.05) is 7.11 Å². The summed E-state index contributed by atoms with van der Waals surface area (Å²) in [5.74, 6) is 0. The van der Waals surface area contributed by atoms with Gasteiger partial charge in [0.15, 0.2) is 0 Å². The molecule has 1 heterocycles. The molecule has 0 saturated heterocycles. The van der Waals surface area contributed by atoms with Crippen LogP contribution < -0.4 is 0 Å². The van der Waals surface area contributed by atoms with E-state index in [9.17, 15) is 5.11 Å². The second kappa shape index (κ2) is 3.74. The Bertz CT molecular complexity index is 288. The van der Waals surface area contributed by atoms with Crippen molar-refractivity contribution in [2.45, 2.75) is 33.0 Å². The summed E-state index contributed by atoms with van der Waals surface area (Å²) in [4.78, 5) is 5.22. The van der Waals surface area contributed by atoms with Crippen LogP contribution in [0.5, 0.6) is 0 Å². The van der Waals surface area contributed by atoms with Crippen molar-refractivity contribution in [2.24, 2.45) is 0 Å². The monoisotopic (exact) mass is 201 g/mol. The molecule has 3 nitrogen and oxygen atoms in total. The van der Waals surface area contributed by atoms with Crippen LogP contribution in [0.15, 0.2) is 0 Å². The van der Waals surface area contributed by atoms with Crippen LogP contribution in [0.2, 0.25) is 0 Å². The van der Waals surface area contributed by atoms with Crippen LogP contribution in [0.1, 0.15) is 29.4 Å². The SMILES string of the molecule is COCc1nc(C)c(C(C)(C)O)s1. The second-order valence-electron chi connectivity index (χ2n) is 3.51. The van der Waals surface area contributed by atoms with Crippen LogP contribution >= 0.6 is 11.3 Å². The second-order valence-corrected chi connectivity index (χ2v) is 4.60. The molecule has 0 spiro atoms. The van der Waals surface area contributed by atoms with Gasteiger partial charge in [-0.2, -0.15) is 0 Å². The highest BCUT2D eigenvalue weighted by molar-refractivity contribution is 7.11. The first-order valence-corrected chi connectivity index (χ1v) is 4.95. The molecule has 1 rings (SSSR count). The van der Waals surface area contributed by atoms with Gasteiger partial charge in [-0.3, -0.25) is 0 Å². The molecule has 1 N–H and O–H groups in total. The number of methoxy groups -OCH3 is 1. The predicted octanol–water partition coefficient (Wildman–Crippen LogP) is 1.83. The number of rotatable bonds is 3. The number of hydrogen-bond acceptors (Lipinski definition) is 4. The molecule has 0 saturated carbocycles. The Balaban J connectivity index is 2.96. The smallest absolute Gasteiger partial charge is 0.119 e. The lowest BCUT2D eigenvalue weighted by molar-refractivity contribution is 0.0817. The summed E-state index contributed by atoms with van der Waals surface area (Å²) >= 11 is 1.50. The third kappa shape index (κ3) is 2.49. The summed E-state index contributed by atoms with van der Waals surface area (Å²) in [6, 6.07) is 0. The number of aromatic nitrogens is 1. The maximum atomic E-state index is 9.78. The van der Waals surface area contributed by atoms with Gasteiger partial charge < -0.3 is 9.84 Å². The van der Waals surface area contributed by atoms with E-state index in [4.69, 9.17) is 4.74 Å². The molecule has 13 heavy (non-hydrogen) atoms. The molecule has 0 aliphatic rings. The number of thiazole rings is 1. The van der Waals surface area contributed by atoms with Crippen LogP contribution in [-0.2, 0) is 16.9 Å². The maximum absolute atomic E-state index is 9.78. The van der Waals surface area contributed by atoms with Gasteiger partial charge in [-0.1, -0.05) is 0 Å². The van der Waals surface area contributed by atoms with Crippen LogP contribution in [0, 0.1) is 6.92 Å². The van der Waals surface area contributed by atoms with E-state index in [1.54, 1.807) is 21.0 Å². The van der Waals surface area contributed by atoms with Gasteiger partial charge in [-0.15, -0.1) is 11.3 Å². The minimum absolute atomic E-state index is 0.515. The molecule has 0 aromatic carbocycles. The van der Waals surface area contributed by atoms with Crippen LogP contribution in [-0.4, -0.2) is 17.2 Å². The molecule has 4 heteroatoms. The Morgan fingerprint density at radius 2 is 2.15 bits per heavy atom. The number of hydrogen-bond donors (Lipinski definition) is 1. The predicted molar refractivity (Wildman–Crippen MR) is 52.8 cm³/mol. The summed E-state index contributed by atoms with van der Waals surface area (Å²) < 4.78 is 4.98. The molecule has 74 valence electrons. The molecule has 0 radical (unpaired) electrons. The van der Waals surface area contributed by atoms with E-state index in [1.807, 2.05) is 6.92 Å². The highest BCUT2D eigenvalue weighted by Crippen LogP contribution is 2.29. The van der Waals surface area contributed by atoms with Crippen molar-refractivity contribution in [3.63, 3.8) is 0 Å². The Morgan fingerprint density at radius 3 is 2.54 bits per heavy atom. The normalized spacial score (nSPS) is 12.1. The van der Waals surface area contributed by atoms with Gasteiger partial charge in [-0.25, -0.2) is 4.98 Å². The molecule has 0 unspecified atom stereocenters. The standard InChI is InChI=1S/C9H15NO2S/c1-6-8(9(2,3)11)13-7(10-6)5-12-4/h11H,5H2,1-4H3. The molecule has 0 aliphatic carbocycles. The molecule has 0 fully saturated rings. The fraction of sp³-hybridized carbons (Fsp3) is 0.667. The Kier molecular flexibility index (Phi) is 3.05. The van der Waals surface area contributed by atoms with Crippen molar-refractivity contribution in [1.82, 2.24) is 4.98 Å². The van der Waals surface area contributed by atoms with Gasteiger partial charge in [0.05, 0.1) is 22.8 Å². The van der Waals surface area contributed by atoms with Crippen molar-refractivity contribution >= 4 is 11.3 Å². The highest BCUT2D eigenvalue weighted by atomic mass is 32.1. The molecule has 1 aromatic rings. The average Bonchev–Trinajstić information content (AvgIpc) is 2.30. The molecular formula is C9H15NO2S. The van der Waals surface area contributed by atoms with E-state index in [-0.39, 0.29) is 0 Å². The van der Waals surface area contributed by atoms with Crippen molar-refractivity contribution in [3.05, 3.63) is 15.6 Å². The van der Waals surface area contributed by atoms with Gasteiger partial charge in [-0.05, 0) is 20.8 Å². The zero-order valence-electron chi connectivity index (χ0n) is 8.42. The third-order valence-corrected chi connectivity index (χ3v) is 3.11. The Hall–Kier alpha value is -0.450. The molecule has 1 aromatic heterocycles. The number of nitrogens with zero attached hydrogens (tertiary/aromatic N) is 1. The van der Waals surface area contributed by atoms with Gasteiger partial charge >= 0.3 is 0 Å². The largest absolute Gasteiger partial charge is 0.385 e. The fourth-order valence-corrected chi connectivity index (χ4v) is 2.24. The minimum atomic E-state index is -0.798.